The van der Waals surface area contributed by atoms with Crippen molar-refractivity contribution in [3.05, 3.63) is 192 Å². The number of phenols is 1. The third kappa shape index (κ3) is 11.4. The van der Waals surface area contributed by atoms with Gasteiger partial charge in [-0.15, -0.1) is 0 Å². The van der Waals surface area contributed by atoms with E-state index in [0.29, 0.717) is 17.6 Å². The van der Waals surface area contributed by atoms with E-state index in [4.69, 9.17) is 3.50 Å². The van der Waals surface area contributed by atoms with E-state index in [2.05, 4.69) is 124 Å². The minimum atomic E-state index is -0.553. The van der Waals surface area contributed by atoms with E-state index in [1.54, 1.807) is 0 Å². The Morgan fingerprint density at radius 3 is 1.34 bits per heavy atom. The smallest absolute Gasteiger partial charge is 0.131 e. The number of aromatic hydroxyl groups is 1. The van der Waals surface area contributed by atoms with Crippen molar-refractivity contribution < 1.29 is 23.0 Å². The summed E-state index contributed by atoms with van der Waals surface area (Å²) in [6.07, 6.45) is 0. The molecule has 56 heavy (non-hydrogen) atoms. The van der Waals surface area contributed by atoms with E-state index >= 15 is 0 Å². The molecule has 1 aromatic heterocycles. The zero-order valence-corrected chi connectivity index (χ0v) is 36.1. The Morgan fingerprint density at radius 1 is 0.536 bits per heavy atom. The molecule has 0 aliphatic carbocycles. The predicted molar refractivity (Wildman–Crippen MR) is 236 cm³/mol. The fraction of sp³-hybridized carbons (Fsp3) is 0.212. The van der Waals surface area contributed by atoms with Crippen LogP contribution in [0.15, 0.2) is 167 Å². The molecule has 0 aliphatic rings. The molecule has 0 fully saturated rings. The number of phenolic OH excluding ortho intramolecular Hbond substituents is 1. The zero-order valence-electron chi connectivity index (χ0n) is 34.1. The molecule has 0 saturated heterocycles. The molecule has 7 rings (SSSR count). The van der Waals surface area contributed by atoms with E-state index in [1.165, 1.54) is 22.4 Å². The molecule has 0 radical (unpaired) electrons. The fourth-order valence-corrected chi connectivity index (χ4v) is 8.35. The van der Waals surface area contributed by atoms with Gasteiger partial charge in [0, 0.05) is 11.1 Å². The fourth-order valence-electron chi connectivity index (χ4n) is 6.46. The van der Waals surface area contributed by atoms with Crippen LogP contribution in [0.4, 0.5) is 5.69 Å². The molecule has 3 nitrogen and oxygen atoms in total. The van der Waals surface area contributed by atoms with Crippen molar-refractivity contribution in [2.75, 3.05) is 0 Å². The number of hydrogen-bond donors (Lipinski definition) is 1. The Kier molecular flexibility index (Phi) is 15.0. The van der Waals surface area contributed by atoms with Gasteiger partial charge in [-0.25, -0.2) is 0 Å². The molecule has 0 amide bonds. The number of rotatable bonds is 8. The molecule has 0 spiro atoms. The van der Waals surface area contributed by atoms with E-state index in [9.17, 15) is 5.11 Å². The van der Waals surface area contributed by atoms with Crippen molar-refractivity contribution in [1.82, 2.24) is 4.98 Å². The number of aryl methyl sites for hydroxylation is 2. The predicted octanol–water partition coefficient (Wildman–Crippen LogP) is 14.3. The van der Waals surface area contributed by atoms with Crippen molar-refractivity contribution in [3.63, 3.8) is 0 Å². The van der Waals surface area contributed by atoms with Gasteiger partial charge in [-0.3, -0.25) is 0 Å². The van der Waals surface area contributed by atoms with Crippen molar-refractivity contribution in [1.29, 1.82) is 0 Å². The first-order chi connectivity index (χ1) is 26.9. The first-order valence-corrected chi connectivity index (χ1v) is 21.5. The summed E-state index contributed by atoms with van der Waals surface area (Å²) in [7, 11) is 0. The molecule has 286 valence electrons. The summed E-state index contributed by atoms with van der Waals surface area (Å²) < 4.78 is 7.59. The maximum absolute atomic E-state index is 11.0. The maximum Gasteiger partial charge on any atom is 0.131 e. The number of benzene rings is 6. The molecule has 0 bridgehead atoms. The van der Waals surface area contributed by atoms with Gasteiger partial charge in [-0.05, 0) is 34.4 Å². The third-order valence-corrected chi connectivity index (χ3v) is 12.1. The molecular formula is C52H55MoN2O-. The summed E-state index contributed by atoms with van der Waals surface area (Å²) in [5.41, 5.74) is 13.6. The van der Waals surface area contributed by atoms with Crippen LogP contribution in [-0.2, 0) is 23.3 Å². The van der Waals surface area contributed by atoms with E-state index in [-0.39, 0.29) is 5.41 Å². The second-order valence-corrected chi connectivity index (χ2v) is 16.8. The van der Waals surface area contributed by atoms with Crippen LogP contribution in [0, 0.1) is 13.8 Å². The zero-order chi connectivity index (χ0) is 40.1. The Morgan fingerprint density at radius 2 is 0.946 bits per heavy atom. The number of hydrogen-bond acceptors (Lipinski definition) is 2. The van der Waals surface area contributed by atoms with E-state index in [0.717, 1.165) is 44.8 Å². The Balaban J connectivity index is 0.000000183. The number of nitrogens with zero attached hydrogens (tertiary/aromatic N) is 2. The van der Waals surface area contributed by atoms with Crippen molar-refractivity contribution in [3.8, 4) is 39.1 Å². The van der Waals surface area contributed by atoms with Crippen LogP contribution >= 0.6 is 0 Å². The molecule has 7 aromatic rings. The quantitative estimate of drug-likeness (QED) is 0.155. The maximum atomic E-state index is 11.0. The first-order valence-electron chi connectivity index (χ1n) is 19.4. The largest absolute Gasteiger partial charge is 0.665 e. The average molecular weight is 820 g/mol. The van der Waals surface area contributed by atoms with Gasteiger partial charge < -0.3 is 10.1 Å². The minimum absolute atomic E-state index is 0.0811. The molecular weight excluding hydrogens is 765 g/mol. The number of aromatic nitrogens is 1. The van der Waals surface area contributed by atoms with Gasteiger partial charge >= 0.3 is 156 Å². The van der Waals surface area contributed by atoms with Crippen molar-refractivity contribution in [2.45, 2.75) is 72.6 Å². The Labute approximate surface area is 343 Å². The minimum Gasteiger partial charge on any atom is -0.665 e. The van der Waals surface area contributed by atoms with Gasteiger partial charge in [0.15, 0.2) is 0 Å². The molecule has 0 saturated carbocycles. The topological polar surface area (TPSA) is 46.7 Å². The first kappa shape index (κ1) is 41.9. The molecule has 1 heterocycles. The van der Waals surface area contributed by atoms with Crippen molar-refractivity contribution in [2.24, 2.45) is 3.50 Å². The van der Waals surface area contributed by atoms with Crippen LogP contribution in [-0.4, -0.2) is 9.51 Å². The average Bonchev–Trinajstić information content (AvgIpc) is 3.61. The van der Waals surface area contributed by atoms with Gasteiger partial charge in [0.1, 0.15) is 5.75 Å². The van der Waals surface area contributed by atoms with E-state index in [1.807, 2.05) is 105 Å². The van der Waals surface area contributed by atoms with Gasteiger partial charge in [0.2, 0.25) is 0 Å². The van der Waals surface area contributed by atoms with Gasteiger partial charge in [-0.2, -0.15) is 11.4 Å². The molecule has 1 N–H and O–H groups in total. The Bertz CT molecular complexity index is 2230. The van der Waals surface area contributed by atoms with Crippen LogP contribution in [0.5, 0.6) is 5.75 Å². The van der Waals surface area contributed by atoms with Crippen LogP contribution in [0.3, 0.4) is 0 Å². The summed E-state index contributed by atoms with van der Waals surface area (Å²) >= 11 is -0.553. The summed E-state index contributed by atoms with van der Waals surface area (Å²) in [6.45, 7) is 17.6. The van der Waals surface area contributed by atoms with Crippen LogP contribution in [0.1, 0.15) is 81.5 Å². The van der Waals surface area contributed by atoms with Gasteiger partial charge in [0.25, 0.3) is 0 Å². The SMILES string of the molecule is CC(C)c1cccc(C(C)C)c1[N]=[Mo]=[CH]C(C)(C)c1ccccc1.Cc1ccc(C)[n-]1.Oc1c(-c2ccccc2)cc(-c2ccccc2)cc1-c1ccccc1. The molecule has 0 aliphatic heterocycles. The molecule has 0 atom stereocenters. The van der Waals surface area contributed by atoms with Crippen molar-refractivity contribution >= 4 is 10.1 Å². The van der Waals surface area contributed by atoms with Crippen LogP contribution in [0.25, 0.3) is 33.4 Å². The third-order valence-electron chi connectivity index (χ3n) is 9.66. The molecule has 6 aromatic carbocycles. The standard InChI is InChI=1S/C24H18O.C12H17N.C10H12.C6H8N.Mo/c25-24-22(19-12-6-2-7-13-19)16-21(18-10-4-1-5-11-18)17-23(24)20-14-8-3-9-15-20;1-8(2)10-6-5-7-11(9(3)4)12(10)13;1-10(2,3)9-7-5-4-6-8-9;1-5-3-4-6(2)7-5;/h1-17,25H;5-9H,1-4H3;1,4-8H,2-3H3;3-4H,1-2H3;/q;;;-1;. The van der Waals surface area contributed by atoms with Gasteiger partial charge in [0.05, 0.1) is 0 Å². The Hall–Kier alpha value is -5.24. The van der Waals surface area contributed by atoms with E-state index < -0.39 is 17.9 Å². The van der Waals surface area contributed by atoms with Crippen LogP contribution < -0.4 is 4.98 Å². The molecule has 4 heteroatoms. The monoisotopic (exact) mass is 821 g/mol. The summed E-state index contributed by atoms with van der Waals surface area (Å²) in [5.74, 6) is 1.34. The van der Waals surface area contributed by atoms with Crippen LogP contribution in [0.2, 0.25) is 0 Å². The second kappa shape index (κ2) is 20.1. The molecule has 0 unspecified atom stereocenters. The summed E-state index contributed by atoms with van der Waals surface area (Å²) in [5, 5.41) is 11.0. The summed E-state index contributed by atoms with van der Waals surface area (Å²) in [6, 6.07) is 55.9. The second-order valence-electron chi connectivity index (χ2n) is 15.2. The summed E-state index contributed by atoms with van der Waals surface area (Å²) in [4.78, 5) is 4.11. The normalized spacial score (nSPS) is 10.9. The van der Waals surface area contributed by atoms with Gasteiger partial charge in [-0.1, -0.05) is 117 Å².